The van der Waals surface area contributed by atoms with E-state index in [-0.39, 0.29) is 23.7 Å². The number of carbonyl (C=O) groups excluding carboxylic acids is 3. The molecule has 0 spiro atoms. The van der Waals surface area contributed by atoms with Gasteiger partial charge < -0.3 is 4.74 Å². The Morgan fingerprint density at radius 3 is 2.30 bits per heavy atom. The van der Waals surface area contributed by atoms with E-state index in [4.69, 9.17) is 4.74 Å². The number of amides is 2. The number of benzene rings is 1. The van der Waals surface area contributed by atoms with E-state index in [2.05, 4.69) is 0 Å². The average Bonchev–Trinajstić information content (AvgIpc) is 2.77. The lowest BCUT2D eigenvalue weighted by molar-refractivity contribution is -0.150. The van der Waals surface area contributed by atoms with Crippen molar-refractivity contribution in [2.45, 2.75) is 32.1 Å². The Morgan fingerprint density at radius 1 is 1.13 bits per heavy atom. The van der Waals surface area contributed by atoms with Crippen LogP contribution < -0.4 is 0 Å². The fourth-order valence-electron chi connectivity index (χ4n) is 3.48. The highest BCUT2D eigenvalue weighted by Gasteiger charge is 2.36. The van der Waals surface area contributed by atoms with Crippen LogP contribution in [0.1, 0.15) is 52.8 Å². The number of ether oxygens (including phenoxy) is 1. The van der Waals surface area contributed by atoms with Crippen molar-refractivity contribution in [2.24, 2.45) is 11.8 Å². The van der Waals surface area contributed by atoms with Crippen LogP contribution >= 0.6 is 0 Å². The summed E-state index contributed by atoms with van der Waals surface area (Å²) in [6.45, 7) is 0.472. The molecule has 0 atom stereocenters. The lowest BCUT2D eigenvalue weighted by Gasteiger charge is -2.33. The fraction of sp³-hybridized carbons (Fsp3) is 0.500. The number of unbranched alkanes of at least 4 members (excludes halogenated alkanes) is 1. The third-order valence-electron chi connectivity index (χ3n) is 4.89. The summed E-state index contributed by atoms with van der Waals surface area (Å²) in [5.74, 6) is 0.176. The Hall–Kier alpha value is -2.17. The number of hydrogen-bond donors (Lipinski definition) is 0. The van der Waals surface area contributed by atoms with Crippen LogP contribution in [0.5, 0.6) is 0 Å². The molecule has 23 heavy (non-hydrogen) atoms. The topological polar surface area (TPSA) is 63.7 Å². The Morgan fingerprint density at radius 2 is 1.74 bits per heavy atom. The van der Waals surface area contributed by atoms with Crippen molar-refractivity contribution in [1.82, 2.24) is 4.90 Å². The summed E-state index contributed by atoms with van der Waals surface area (Å²) < 4.78 is 4.73. The molecule has 2 amide bonds. The quantitative estimate of drug-likeness (QED) is 0.460. The maximum absolute atomic E-state index is 12.2. The molecule has 2 aliphatic rings. The minimum absolute atomic E-state index is 0.0706. The summed E-state index contributed by atoms with van der Waals surface area (Å²) in [6.07, 6.45) is 4.62. The molecule has 0 unspecified atom stereocenters. The van der Waals surface area contributed by atoms with E-state index in [0.29, 0.717) is 23.6 Å². The summed E-state index contributed by atoms with van der Waals surface area (Å²) in [7, 11) is 1.43. The molecule has 0 radical (unpaired) electrons. The second kappa shape index (κ2) is 6.52. The zero-order valence-electron chi connectivity index (χ0n) is 13.3. The molecule has 0 N–H and O–H groups in total. The smallest absolute Gasteiger partial charge is 0.308 e. The van der Waals surface area contributed by atoms with Crippen molar-refractivity contribution in [2.75, 3.05) is 13.7 Å². The Bertz CT molecular complexity index is 599. The molecule has 3 rings (SSSR count). The molecule has 1 aliphatic carbocycles. The third-order valence-corrected chi connectivity index (χ3v) is 4.89. The predicted octanol–water partition coefficient (Wildman–Crippen LogP) is 2.65. The average molecular weight is 315 g/mol. The molecule has 1 aliphatic heterocycles. The molecule has 1 aromatic rings. The lowest BCUT2D eigenvalue weighted by atomic mass is 9.72. The second-order valence-corrected chi connectivity index (χ2v) is 6.36. The van der Waals surface area contributed by atoms with E-state index >= 15 is 0 Å². The first-order valence-electron chi connectivity index (χ1n) is 8.15. The Balaban J connectivity index is 1.40. The molecule has 1 fully saturated rings. The number of fused-ring (bicyclic) bond motifs is 1. The monoisotopic (exact) mass is 315 g/mol. The molecule has 1 heterocycles. The minimum Gasteiger partial charge on any atom is -0.469 e. The van der Waals surface area contributed by atoms with E-state index in [9.17, 15) is 14.4 Å². The van der Waals surface area contributed by atoms with Gasteiger partial charge >= 0.3 is 5.97 Å². The zero-order chi connectivity index (χ0) is 16.4. The largest absolute Gasteiger partial charge is 0.469 e. The Labute approximate surface area is 135 Å². The standard InChI is InChI=1S/C18H21NO4/c1-23-18(22)13-10-12(11-13)6-4-5-9-19-16(20)14-7-2-3-8-15(14)17(19)21/h2-3,7-8,12-13H,4-6,9-11H2,1H3. The highest BCUT2D eigenvalue weighted by molar-refractivity contribution is 6.21. The summed E-state index contributed by atoms with van der Waals surface area (Å²) in [6, 6.07) is 6.97. The normalized spacial score (nSPS) is 22.7. The minimum atomic E-state index is -0.181. The molecular formula is C18H21NO4. The molecule has 0 aromatic heterocycles. The highest BCUT2D eigenvalue weighted by Crippen LogP contribution is 2.37. The molecule has 1 aromatic carbocycles. The van der Waals surface area contributed by atoms with Crippen molar-refractivity contribution in [3.05, 3.63) is 35.4 Å². The van der Waals surface area contributed by atoms with Gasteiger partial charge in [-0.15, -0.1) is 0 Å². The van der Waals surface area contributed by atoms with Crippen molar-refractivity contribution in [3.8, 4) is 0 Å². The lowest BCUT2D eigenvalue weighted by Crippen LogP contribution is -2.32. The maximum atomic E-state index is 12.2. The first-order valence-corrected chi connectivity index (χ1v) is 8.15. The molecule has 0 bridgehead atoms. The van der Waals surface area contributed by atoms with Gasteiger partial charge in [0.25, 0.3) is 11.8 Å². The molecular weight excluding hydrogens is 294 g/mol. The van der Waals surface area contributed by atoms with Gasteiger partial charge in [0.05, 0.1) is 24.2 Å². The Kier molecular flexibility index (Phi) is 4.46. The van der Waals surface area contributed by atoms with Crippen molar-refractivity contribution < 1.29 is 19.1 Å². The van der Waals surface area contributed by atoms with Gasteiger partial charge in [0, 0.05) is 6.54 Å². The van der Waals surface area contributed by atoms with Gasteiger partial charge in [-0.3, -0.25) is 19.3 Å². The van der Waals surface area contributed by atoms with Gasteiger partial charge in [-0.05, 0) is 37.3 Å². The van der Waals surface area contributed by atoms with E-state index in [1.54, 1.807) is 24.3 Å². The second-order valence-electron chi connectivity index (χ2n) is 6.36. The number of hydrogen-bond acceptors (Lipinski definition) is 4. The van der Waals surface area contributed by atoms with Crippen LogP contribution in [0.4, 0.5) is 0 Å². The van der Waals surface area contributed by atoms with Crippen LogP contribution in [0.15, 0.2) is 24.3 Å². The van der Waals surface area contributed by atoms with Crippen LogP contribution in [-0.2, 0) is 9.53 Å². The van der Waals surface area contributed by atoms with E-state index < -0.39 is 0 Å². The number of methoxy groups -OCH3 is 1. The van der Waals surface area contributed by atoms with Gasteiger partial charge in [0.15, 0.2) is 0 Å². The molecule has 1 saturated carbocycles. The molecule has 0 saturated heterocycles. The van der Waals surface area contributed by atoms with Gasteiger partial charge in [0.1, 0.15) is 0 Å². The number of nitrogens with zero attached hydrogens (tertiary/aromatic N) is 1. The molecule has 122 valence electrons. The number of esters is 1. The van der Waals surface area contributed by atoms with Crippen LogP contribution in [0.2, 0.25) is 0 Å². The van der Waals surface area contributed by atoms with E-state index in [1.165, 1.54) is 12.0 Å². The number of carbonyl (C=O) groups is 3. The summed E-state index contributed by atoms with van der Waals surface area (Å²) in [5.41, 5.74) is 1.02. The van der Waals surface area contributed by atoms with Crippen LogP contribution in [0.25, 0.3) is 0 Å². The number of rotatable bonds is 6. The van der Waals surface area contributed by atoms with Gasteiger partial charge in [0.2, 0.25) is 0 Å². The predicted molar refractivity (Wildman–Crippen MR) is 83.9 cm³/mol. The first kappa shape index (κ1) is 15.7. The highest BCUT2D eigenvalue weighted by atomic mass is 16.5. The summed E-state index contributed by atoms with van der Waals surface area (Å²) in [4.78, 5) is 37.1. The van der Waals surface area contributed by atoms with Crippen LogP contribution in [0.3, 0.4) is 0 Å². The van der Waals surface area contributed by atoms with Crippen molar-refractivity contribution in [3.63, 3.8) is 0 Å². The summed E-state index contributed by atoms with van der Waals surface area (Å²) >= 11 is 0. The van der Waals surface area contributed by atoms with Gasteiger partial charge in [-0.25, -0.2) is 0 Å². The third kappa shape index (κ3) is 3.00. The SMILES string of the molecule is COC(=O)C1CC(CCCCN2C(=O)c3ccccc3C2=O)C1. The maximum Gasteiger partial charge on any atom is 0.308 e. The number of imide groups is 1. The van der Waals surface area contributed by atoms with Crippen molar-refractivity contribution in [1.29, 1.82) is 0 Å². The van der Waals surface area contributed by atoms with E-state index in [0.717, 1.165) is 32.1 Å². The van der Waals surface area contributed by atoms with Gasteiger partial charge in [-0.2, -0.15) is 0 Å². The zero-order valence-corrected chi connectivity index (χ0v) is 13.3. The van der Waals surface area contributed by atoms with E-state index in [1.807, 2.05) is 0 Å². The van der Waals surface area contributed by atoms with Crippen molar-refractivity contribution >= 4 is 17.8 Å². The van der Waals surface area contributed by atoms with Crippen LogP contribution in [-0.4, -0.2) is 36.3 Å². The fourth-order valence-corrected chi connectivity index (χ4v) is 3.48. The molecule has 5 heteroatoms. The summed E-state index contributed by atoms with van der Waals surface area (Å²) in [5, 5.41) is 0. The molecule has 5 nitrogen and oxygen atoms in total. The first-order chi connectivity index (χ1) is 11.1. The van der Waals surface area contributed by atoms with Gasteiger partial charge in [-0.1, -0.05) is 25.0 Å². The van der Waals surface area contributed by atoms with Crippen LogP contribution in [0, 0.1) is 11.8 Å².